The quantitative estimate of drug-likeness (QED) is 0.537. The van der Waals surface area contributed by atoms with Gasteiger partial charge >= 0.3 is 0 Å². The van der Waals surface area contributed by atoms with Gasteiger partial charge in [0, 0.05) is 24.5 Å². The Morgan fingerprint density at radius 3 is 2.69 bits per heavy atom. The molecule has 2 aromatic carbocycles. The molecule has 4 N–H and O–H groups in total. The molecule has 1 amide bonds. The molecular weight excluding hydrogens is 371 g/mol. The van der Waals surface area contributed by atoms with E-state index in [9.17, 15) is 9.18 Å². The van der Waals surface area contributed by atoms with Crippen LogP contribution < -0.4 is 11.1 Å². The van der Waals surface area contributed by atoms with Crippen molar-refractivity contribution in [1.82, 2.24) is 0 Å². The van der Waals surface area contributed by atoms with E-state index in [-0.39, 0.29) is 17.6 Å². The van der Waals surface area contributed by atoms with Crippen molar-refractivity contribution in [3.63, 3.8) is 0 Å². The third-order valence-electron chi connectivity index (χ3n) is 5.78. The maximum atomic E-state index is 14.6. The highest BCUT2D eigenvalue weighted by atomic mass is 19.1. The van der Waals surface area contributed by atoms with Gasteiger partial charge in [-0.25, -0.2) is 9.38 Å². The highest BCUT2D eigenvalue weighted by molar-refractivity contribution is 6.07. The van der Waals surface area contributed by atoms with Crippen molar-refractivity contribution >= 4 is 23.3 Å². The minimum absolute atomic E-state index is 0.000797. The number of nitrogens with two attached hydrogens (primary N) is 1. The van der Waals surface area contributed by atoms with Crippen LogP contribution in [0, 0.1) is 18.2 Å². The fourth-order valence-corrected chi connectivity index (χ4v) is 4.17. The molecule has 7 heteroatoms. The number of ether oxygens (including phenoxy) is 1. The summed E-state index contributed by atoms with van der Waals surface area (Å²) in [4.78, 5) is 16.7. The average Bonchev–Trinajstić information content (AvgIpc) is 2.94. The lowest BCUT2D eigenvalue weighted by atomic mass is 9.75. The number of carbonyl (C=O) groups is 1. The summed E-state index contributed by atoms with van der Waals surface area (Å²) in [6, 6.07) is 8.76. The molecule has 150 valence electrons. The Morgan fingerprint density at radius 2 is 2.00 bits per heavy atom. The van der Waals surface area contributed by atoms with Gasteiger partial charge in [0.15, 0.2) is 5.84 Å². The van der Waals surface area contributed by atoms with Gasteiger partial charge in [0.1, 0.15) is 5.82 Å². The lowest BCUT2D eigenvalue weighted by Gasteiger charge is -2.31. The van der Waals surface area contributed by atoms with Crippen molar-refractivity contribution in [2.75, 3.05) is 18.5 Å². The van der Waals surface area contributed by atoms with Crippen LogP contribution in [0.2, 0.25) is 0 Å². The Hall–Kier alpha value is -3.06. The van der Waals surface area contributed by atoms with Crippen molar-refractivity contribution in [2.45, 2.75) is 32.1 Å². The second-order valence-electron chi connectivity index (χ2n) is 7.64. The van der Waals surface area contributed by atoms with E-state index < -0.39 is 11.2 Å². The smallest absolute Gasteiger partial charge is 0.235 e. The standard InChI is InChI=1S/C22H23FN4O2/c1-12-16(9-15(10-18(12)23)20(25)26-13(2)24)14-3-4-17-19(11-14)27-21(28)22(17)5-7-29-8-6-22/h3-4,9-11H,5-8H2,1-2H3,(H,27,28)(H3,24,25,26). The summed E-state index contributed by atoms with van der Waals surface area (Å²) in [6.45, 7) is 4.39. The molecule has 1 saturated heterocycles. The highest BCUT2D eigenvalue weighted by Crippen LogP contribution is 2.46. The molecule has 2 heterocycles. The van der Waals surface area contributed by atoms with E-state index >= 15 is 0 Å². The van der Waals surface area contributed by atoms with Crippen LogP contribution in [0.5, 0.6) is 0 Å². The molecule has 1 spiro atoms. The van der Waals surface area contributed by atoms with Crippen molar-refractivity contribution in [1.29, 1.82) is 5.41 Å². The Balaban J connectivity index is 1.78. The number of amidine groups is 2. The zero-order valence-corrected chi connectivity index (χ0v) is 16.4. The molecule has 2 aliphatic rings. The molecule has 0 aromatic heterocycles. The monoisotopic (exact) mass is 394 g/mol. The number of hydrogen-bond donors (Lipinski definition) is 3. The summed E-state index contributed by atoms with van der Waals surface area (Å²) in [7, 11) is 0. The fraction of sp³-hybridized carbons (Fsp3) is 0.318. The first-order chi connectivity index (χ1) is 13.8. The fourth-order valence-electron chi connectivity index (χ4n) is 4.17. The summed E-state index contributed by atoms with van der Waals surface area (Å²) in [5, 5.41) is 11.1. The summed E-state index contributed by atoms with van der Waals surface area (Å²) >= 11 is 0. The normalized spacial score (nSPS) is 17.9. The van der Waals surface area contributed by atoms with Gasteiger partial charge in [-0.15, -0.1) is 0 Å². The Labute approximate surface area is 168 Å². The largest absolute Gasteiger partial charge is 0.387 e. The van der Waals surface area contributed by atoms with Gasteiger partial charge in [0.25, 0.3) is 0 Å². The molecule has 1 fully saturated rings. The summed E-state index contributed by atoms with van der Waals surface area (Å²) in [5.41, 5.74) is 8.99. The third kappa shape index (κ3) is 3.21. The zero-order chi connectivity index (χ0) is 20.8. The second-order valence-corrected chi connectivity index (χ2v) is 7.64. The van der Waals surface area contributed by atoms with E-state index in [1.165, 1.54) is 6.07 Å². The number of rotatable bonds is 2. The number of nitrogens with zero attached hydrogens (tertiary/aromatic N) is 1. The first kappa shape index (κ1) is 19.3. The van der Waals surface area contributed by atoms with Crippen molar-refractivity contribution in [3.8, 4) is 11.1 Å². The number of amides is 1. The lowest BCUT2D eigenvalue weighted by Crippen LogP contribution is -2.39. The Kier molecular flexibility index (Phi) is 4.70. The maximum Gasteiger partial charge on any atom is 0.235 e. The van der Waals surface area contributed by atoms with E-state index in [0.717, 1.165) is 16.8 Å². The van der Waals surface area contributed by atoms with Crippen LogP contribution in [0.1, 0.15) is 36.5 Å². The van der Waals surface area contributed by atoms with Crippen molar-refractivity contribution < 1.29 is 13.9 Å². The van der Waals surface area contributed by atoms with E-state index in [0.29, 0.717) is 42.7 Å². The number of carbonyl (C=O) groups excluding carboxylic acids is 1. The van der Waals surface area contributed by atoms with Gasteiger partial charge in [-0.1, -0.05) is 12.1 Å². The number of benzene rings is 2. The molecule has 2 aromatic rings. The van der Waals surface area contributed by atoms with Crippen LogP contribution >= 0.6 is 0 Å². The Morgan fingerprint density at radius 1 is 1.28 bits per heavy atom. The number of halogens is 1. The van der Waals surface area contributed by atoms with E-state index in [2.05, 4.69) is 10.3 Å². The number of hydrogen-bond acceptors (Lipinski definition) is 3. The molecule has 0 saturated carbocycles. The van der Waals surface area contributed by atoms with Gasteiger partial charge in [-0.05, 0) is 67.1 Å². The maximum absolute atomic E-state index is 14.6. The molecular formula is C22H23FN4O2. The van der Waals surface area contributed by atoms with Crippen LogP contribution in [0.3, 0.4) is 0 Å². The van der Waals surface area contributed by atoms with Crippen molar-refractivity contribution in [2.24, 2.45) is 10.7 Å². The van der Waals surface area contributed by atoms with E-state index in [1.807, 2.05) is 18.2 Å². The van der Waals surface area contributed by atoms with E-state index in [1.54, 1.807) is 19.9 Å². The van der Waals surface area contributed by atoms with Gasteiger partial charge in [0.2, 0.25) is 5.91 Å². The number of nitrogens with one attached hydrogen (secondary N) is 2. The minimum Gasteiger partial charge on any atom is -0.387 e. The van der Waals surface area contributed by atoms with Gasteiger partial charge in [-0.3, -0.25) is 10.2 Å². The molecule has 0 radical (unpaired) electrons. The third-order valence-corrected chi connectivity index (χ3v) is 5.78. The molecule has 6 nitrogen and oxygen atoms in total. The van der Waals surface area contributed by atoms with Crippen LogP contribution in [0.15, 0.2) is 35.3 Å². The lowest BCUT2D eigenvalue weighted by molar-refractivity contribution is -0.124. The molecule has 29 heavy (non-hydrogen) atoms. The predicted molar refractivity (Wildman–Crippen MR) is 111 cm³/mol. The van der Waals surface area contributed by atoms with Crippen LogP contribution in [-0.2, 0) is 14.9 Å². The number of anilines is 1. The molecule has 0 atom stereocenters. The minimum atomic E-state index is -0.538. The summed E-state index contributed by atoms with van der Waals surface area (Å²) < 4.78 is 20.0. The molecule has 2 aliphatic heterocycles. The molecule has 0 unspecified atom stereocenters. The first-order valence-electron chi connectivity index (χ1n) is 9.56. The molecule has 0 aliphatic carbocycles. The summed E-state index contributed by atoms with van der Waals surface area (Å²) in [6.07, 6.45) is 1.31. The first-order valence-corrected chi connectivity index (χ1v) is 9.56. The Bertz CT molecular complexity index is 1050. The van der Waals surface area contributed by atoms with Crippen LogP contribution in [0.25, 0.3) is 11.1 Å². The second kappa shape index (κ2) is 7.08. The molecule has 4 rings (SSSR count). The molecule has 0 bridgehead atoms. The average molecular weight is 394 g/mol. The van der Waals surface area contributed by atoms with Gasteiger partial charge in [-0.2, -0.15) is 0 Å². The van der Waals surface area contributed by atoms with Gasteiger partial charge < -0.3 is 15.8 Å². The number of aliphatic imine (C=N–C) groups is 1. The van der Waals surface area contributed by atoms with Crippen molar-refractivity contribution in [3.05, 3.63) is 52.8 Å². The number of fused-ring (bicyclic) bond motifs is 2. The van der Waals surface area contributed by atoms with E-state index in [4.69, 9.17) is 15.9 Å². The SMILES string of the molecule is CC(N)=NC(=N)c1cc(F)c(C)c(-c2ccc3c(c2)NC(=O)C32CCOCC2)c1. The highest BCUT2D eigenvalue weighted by Gasteiger charge is 2.47. The van der Waals surface area contributed by atoms with Gasteiger partial charge in [0.05, 0.1) is 11.3 Å². The van der Waals surface area contributed by atoms with Crippen LogP contribution in [-0.4, -0.2) is 30.8 Å². The van der Waals surface area contributed by atoms with Crippen LogP contribution in [0.4, 0.5) is 10.1 Å². The summed E-state index contributed by atoms with van der Waals surface area (Å²) in [5.74, 6) is -0.281. The zero-order valence-electron chi connectivity index (χ0n) is 16.4. The predicted octanol–water partition coefficient (Wildman–Crippen LogP) is 3.50. The topological polar surface area (TPSA) is 101 Å².